The summed E-state index contributed by atoms with van der Waals surface area (Å²) in [6, 6.07) is 7.00. The van der Waals surface area contributed by atoms with Crippen molar-refractivity contribution in [2.75, 3.05) is 6.26 Å². The highest BCUT2D eigenvalue weighted by atomic mass is 35.5. The van der Waals surface area contributed by atoms with Gasteiger partial charge in [-0.2, -0.15) is 0 Å². The second-order valence-electron chi connectivity index (χ2n) is 3.40. The fraction of sp³-hybridized carbons (Fsp3) is 0.0833. The molecule has 98 valence electrons. The Morgan fingerprint density at radius 3 is 2.53 bits per heavy atom. The smallest absolute Gasteiger partial charge is 0.244 e. The summed E-state index contributed by atoms with van der Waals surface area (Å²) in [5.74, 6) is 0. The van der Waals surface area contributed by atoms with E-state index in [2.05, 4.69) is 9.97 Å². The Kier molecular flexibility index (Phi) is 5.10. The van der Waals surface area contributed by atoms with Crippen molar-refractivity contribution in [3.63, 3.8) is 0 Å². The van der Waals surface area contributed by atoms with Gasteiger partial charge in [-0.3, -0.25) is 4.79 Å². The Morgan fingerprint density at radius 2 is 1.89 bits per heavy atom. The van der Waals surface area contributed by atoms with E-state index in [0.29, 0.717) is 10.2 Å². The predicted octanol–water partition coefficient (Wildman–Crippen LogP) is 4.44. The summed E-state index contributed by atoms with van der Waals surface area (Å²) in [5, 5.41) is 1.18. The Balaban J connectivity index is 2.22. The maximum absolute atomic E-state index is 12.1. The fourth-order valence-electron chi connectivity index (χ4n) is 1.25. The lowest BCUT2D eigenvalue weighted by molar-refractivity contribution is 0.108. The number of nitrogens with zero attached hydrogens (tertiary/aromatic N) is 2. The van der Waals surface area contributed by atoms with E-state index in [-0.39, 0.29) is 15.8 Å². The molecule has 0 saturated carbocycles. The quantitative estimate of drug-likeness (QED) is 0.614. The van der Waals surface area contributed by atoms with Crippen molar-refractivity contribution in [2.45, 2.75) is 10.1 Å². The SMILES string of the molecule is CSc1ncc(Cl)c(C(=O)Sc2ccc(Cl)cc2)n1. The van der Waals surface area contributed by atoms with E-state index in [4.69, 9.17) is 23.2 Å². The number of carbonyl (C=O) groups excluding carboxylic acids is 1. The van der Waals surface area contributed by atoms with E-state index in [1.807, 2.05) is 6.26 Å². The summed E-state index contributed by atoms with van der Waals surface area (Å²) in [7, 11) is 0. The number of halogens is 2. The molecule has 0 radical (unpaired) electrons. The van der Waals surface area contributed by atoms with Crippen LogP contribution in [0, 0.1) is 0 Å². The number of benzene rings is 1. The van der Waals surface area contributed by atoms with Crippen LogP contribution in [0.25, 0.3) is 0 Å². The van der Waals surface area contributed by atoms with Crippen molar-refractivity contribution in [1.29, 1.82) is 0 Å². The van der Waals surface area contributed by atoms with Crippen LogP contribution in [0.15, 0.2) is 40.5 Å². The first kappa shape index (κ1) is 14.7. The van der Waals surface area contributed by atoms with Gasteiger partial charge >= 0.3 is 0 Å². The summed E-state index contributed by atoms with van der Waals surface area (Å²) in [5.41, 5.74) is 0.223. The van der Waals surface area contributed by atoms with Crippen molar-refractivity contribution in [3.8, 4) is 0 Å². The number of aromatic nitrogens is 2. The molecule has 0 aliphatic heterocycles. The van der Waals surface area contributed by atoms with Crippen LogP contribution in [0.4, 0.5) is 0 Å². The van der Waals surface area contributed by atoms with Gasteiger partial charge in [0.15, 0.2) is 5.16 Å². The molecule has 1 aromatic heterocycles. The van der Waals surface area contributed by atoms with Crippen molar-refractivity contribution in [3.05, 3.63) is 46.2 Å². The van der Waals surface area contributed by atoms with Gasteiger partial charge in [0.05, 0.1) is 11.2 Å². The fourth-order valence-corrected chi connectivity index (χ4v) is 2.69. The first-order valence-corrected chi connectivity index (χ1v) is 7.94. The Hall–Kier alpha value is -0.750. The highest BCUT2D eigenvalue weighted by molar-refractivity contribution is 8.14. The van der Waals surface area contributed by atoms with Gasteiger partial charge in [-0.1, -0.05) is 35.0 Å². The zero-order valence-electron chi connectivity index (χ0n) is 9.76. The van der Waals surface area contributed by atoms with Gasteiger partial charge < -0.3 is 0 Å². The maximum Gasteiger partial charge on any atom is 0.244 e. The zero-order chi connectivity index (χ0) is 13.8. The first-order valence-electron chi connectivity index (χ1n) is 5.14. The molecule has 0 spiro atoms. The van der Waals surface area contributed by atoms with Crippen LogP contribution in [-0.2, 0) is 0 Å². The molecular weight excluding hydrogens is 323 g/mol. The van der Waals surface area contributed by atoms with Gasteiger partial charge in [-0.25, -0.2) is 9.97 Å². The molecule has 2 rings (SSSR count). The molecule has 0 bridgehead atoms. The minimum Gasteiger partial charge on any atom is -0.279 e. The zero-order valence-corrected chi connectivity index (χ0v) is 12.9. The third kappa shape index (κ3) is 3.86. The molecule has 19 heavy (non-hydrogen) atoms. The molecule has 2 aromatic rings. The van der Waals surface area contributed by atoms with Crippen molar-refractivity contribution >= 4 is 51.8 Å². The van der Waals surface area contributed by atoms with Crippen LogP contribution in [0.1, 0.15) is 10.5 Å². The standard InChI is InChI=1S/C12H8Cl2N2OS2/c1-18-12-15-6-9(14)10(16-12)11(17)19-8-4-2-7(13)3-5-8/h2-6H,1H3. The number of rotatable bonds is 3. The number of hydrogen-bond donors (Lipinski definition) is 0. The van der Waals surface area contributed by atoms with Gasteiger partial charge in [0.25, 0.3) is 0 Å². The van der Waals surface area contributed by atoms with E-state index in [1.165, 1.54) is 18.0 Å². The summed E-state index contributed by atoms with van der Waals surface area (Å²) in [6.07, 6.45) is 3.28. The molecule has 1 heterocycles. The molecular formula is C12H8Cl2N2OS2. The minimum atomic E-state index is -0.218. The van der Waals surface area contributed by atoms with Crippen LogP contribution < -0.4 is 0 Å². The average Bonchev–Trinajstić information content (AvgIpc) is 2.42. The van der Waals surface area contributed by atoms with Gasteiger partial charge in [0.1, 0.15) is 5.69 Å². The van der Waals surface area contributed by atoms with Crippen LogP contribution in [-0.4, -0.2) is 21.3 Å². The monoisotopic (exact) mass is 330 g/mol. The van der Waals surface area contributed by atoms with Gasteiger partial charge in [0.2, 0.25) is 5.12 Å². The van der Waals surface area contributed by atoms with Crippen molar-refractivity contribution < 1.29 is 4.79 Å². The number of carbonyl (C=O) groups is 1. The highest BCUT2D eigenvalue weighted by Gasteiger charge is 2.15. The van der Waals surface area contributed by atoms with E-state index in [9.17, 15) is 4.79 Å². The minimum absolute atomic E-state index is 0.218. The molecule has 3 nitrogen and oxygen atoms in total. The number of thioether (sulfide) groups is 2. The summed E-state index contributed by atoms with van der Waals surface area (Å²) in [6.45, 7) is 0. The lowest BCUT2D eigenvalue weighted by Crippen LogP contribution is -2.01. The van der Waals surface area contributed by atoms with Crippen LogP contribution in [0.2, 0.25) is 10.0 Å². The van der Waals surface area contributed by atoms with Gasteiger partial charge in [0, 0.05) is 9.92 Å². The van der Waals surface area contributed by atoms with Gasteiger partial charge in [-0.05, 0) is 42.3 Å². The summed E-state index contributed by atoms with van der Waals surface area (Å²) < 4.78 is 0. The van der Waals surface area contributed by atoms with Gasteiger partial charge in [-0.15, -0.1) is 0 Å². The third-order valence-corrected chi connectivity index (χ3v) is 4.10. The van der Waals surface area contributed by atoms with Crippen LogP contribution in [0.3, 0.4) is 0 Å². The summed E-state index contributed by atoms with van der Waals surface area (Å²) >= 11 is 14.2. The predicted molar refractivity (Wildman–Crippen MR) is 80.5 cm³/mol. The molecule has 1 aromatic carbocycles. The van der Waals surface area contributed by atoms with Crippen LogP contribution in [0.5, 0.6) is 0 Å². The van der Waals surface area contributed by atoms with Crippen LogP contribution >= 0.6 is 46.7 Å². The van der Waals surface area contributed by atoms with Crippen molar-refractivity contribution in [2.24, 2.45) is 0 Å². The van der Waals surface area contributed by atoms with E-state index in [1.54, 1.807) is 24.3 Å². The second kappa shape index (κ2) is 6.61. The molecule has 7 heteroatoms. The summed E-state index contributed by atoms with van der Waals surface area (Å²) in [4.78, 5) is 21.0. The molecule has 0 atom stereocenters. The lowest BCUT2D eigenvalue weighted by atomic mass is 10.4. The Labute approximate surface area is 129 Å². The number of hydrogen-bond acceptors (Lipinski definition) is 5. The molecule has 0 fully saturated rings. The topological polar surface area (TPSA) is 42.9 Å². The molecule has 0 aliphatic rings. The molecule has 0 amide bonds. The largest absolute Gasteiger partial charge is 0.279 e. The van der Waals surface area contributed by atoms with E-state index < -0.39 is 0 Å². The highest BCUT2D eigenvalue weighted by Crippen LogP contribution is 2.27. The van der Waals surface area contributed by atoms with Crippen molar-refractivity contribution in [1.82, 2.24) is 9.97 Å². The normalized spacial score (nSPS) is 10.5. The average molecular weight is 331 g/mol. The molecule has 0 aliphatic carbocycles. The van der Waals surface area contributed by atoms with E-state index >= 15 is 0 Å². The first-order chi connectivity index (χ1) is 9.10. The van der Waals surface area contributed by atoms with E-state index in [0.717, 1.165) is 16.7 Å². The second-order valence-corrected chi connectivity index (χ2v) is 6.06. The molecule has 0 saturated heterocycles. The Bertz CT molecular complexity index is 605. The lowest BCUT2D eigenvalue weighted by Gasteiger charge is -2.03. The third-order valence-electron chi connectivity index (χ3n) is 2.12. The molecule has 0 unspecified atom stereocenters. The Morgan fingerprint density at radius 1 is 1.21 bits per heavy atom. The maximum atomic E-state index is 12.1. The molecule has 0 N–H and O–H groups in total.